The highest BCUT2D eigenvalue weighted by Crippen LogP contribution is 2.34. The molecule has 2 N–H and O–H groups in total. The number of halogens is 4. The van der Waals surface area contributed by atoms with Crippen molar-refractivity contribution < 1.29 is 31.1 Å². The summed E-state index contributed by atoms with van der Waals surface area (Å²) < 4.78 is 67.9. The summed E-state index contributed by atoms with van der Waals surface area (Å²) in [6.07, 6.45) is -1.24. The number of carbonyl (C=O) groups is 1. The van der Waals surface area contributed by atoms with Gasteiger partial charge < -0.3 is 10.5 Å². The lowest BCUT2D eigenvalue weighted by Crippen LogP contribution is -2.16. The Hall–Kier alpha value is -1.66. The first-order valence-electron chi connectivity index (χ1n) is 5.15. The number of carbonyl (C=O) groups excluding carboxylic acids is 1. The molecule has 0 unspecified atom stereocenters. The average Bonchev–Trinajstić information content (AvgIpc) is 2.84. The van der Waals surface area contributed by atoms with Crippen molar-refractivity contribution in [2.75, 3.05) is 0 Å². The van der Waals surface area contributed by atoms with Gasteiger partial charge in [-0.1, -0.05) is 0 Å². The van der Waals surface area contributed by atoms with Crippen molar-refractivity contribution in [2.45, 2.75) is 9.24 Å². The number of rotatable bonds is 3. The molecule has 0 spiro atoms. The van der Waals surface area contributed by atoms with Gasteiger partial charge in [0.15, 0.2) is 5.82 Å². The van der Waals surface area contributed by atoms with Gasteiger partial charge in [-0.15, -0.1) is 11.3 Å². The number of hydrogen-bond donors (Lipinski definition) is 1. The maximum Gasteiger partial charge on any atom is 0.411 e. The molecule has 0 saturated heterocycles. The van der Waals surface area contributed by atoms with E-state index in [1.165, 1.54) is 0 Å². The molecule has 0 fully saturated rings. The van der Waals surface area contributed by atoms with E-state index in [-0.39, 0.29) is 6.07 Å². The standard InChI is InChI=1S/C10H4BrF3N2O4S2/c11-6-3(12)1-4(13)8(7(6)14)22(18,19)10-16-5(2-21-10)20-9(15)17/h1-2H,(H2,15,17). The number of benzene rings is 1. The molecule has 0 atom stereocenters. The highest BCUT2D eigenvalue weighted by Gasteiger charge is 2.32. The third kappa shape index (κ3) is 2.94. The lowest BCUT2D eigenvalue weighted by Gasteiger charge is -2.06. The molecule has 1 amide bonds. The molecule has 0 bridgehead atoms. The normalized spacial score (nSPS) is 11.5. The van der Waals surface area contributed by atoms with E-state index < -0.39 is 53.0 Å². The summed E-state index contributed by atoms with van der Waals surface area (Å²) in [4.78, 5) is 12.6. The van der Waals surface area contributed by atoms with Crippen molar-refractivity contribution in [1.29, 1.82) is 0 Å². The van der Waals surface area contributed by atoms with E-state index in [4.69, 9.17) is 5.73 Å². The summed E-state index contributed by atoms with van der Waals surface area (Å²) in [5, 5.41) is 1.01. The zero-order chi connectivity index (χ0) is 16.7. The first kappa shape index (κ1) is 16.7. The number of nitrogens with two attached hydrogens (primary N) is 1. The summed E-state index contributed by atoms with van der Waals surface area (Å²) in [7, 11) is -4.73. The van der Waals surface area contributed by atoms with Gasteiger partial charge in [-0.2, -0.15) is 4.98 Å². The second-order valence-corrected chi connectivity index (χ2v) is 7.38. The van der Waals surface area contributed by atoms with Gasteiger partial charge in [0, 0.05) is 6.07 Å². The largest absolute Gasteiger partial charge is 0.411 e. The number of aromatic nitrogens is 1. The number of nitrogens with zero attached hydrogens (tertiary/aromatic N) is 1. The van der Waals surface area contributed by atoms with Crippen LogP contribution < -0.4 is 10.5 Å². The molecule has 2 aromatic rings. The lowest BCUT2D eigenvalue weighted by atomic mass is 10.3. The molecule has 0 aliphatic carbocycles. The minimum atomic E-state index is -4.73. The van der Waals surface area contributed by atoms with Gasteiger partial charge in [0.2, 0.25) is 20.1 Å². The predicted molar refractivity (Wildman–Crippen MR) is 71.8 cm³/mol. The van der Waals surface area contributed by atoms with E-state index in [1.807, 2.05) is 0 Å². The SMILES string of the molecule is NC(=O)Oc1csc(S(=O)(=O)c2c(F)cc(F)c(Br)c2F)n1. The van der Waals surface area contributed by atoms with E-state index in [2.05, 4.69) is 25.7 Å². The third-order valence-electron chi connectivity index (χ3n) is 2.24. The van der Waals surface area contributed by atoms with Crippen LogP contribution in [0.25, 0.3) is 0 Å². The Morgan fingerprint density at radius 1 is 1.32 bits per heavy atom. The van der Waals surface area contributed by atoms with Crippen LogP contribution in [0.5, 0.6) is 5.88 Å². The molecule has 1 aromatic heterocycles. The van der Waals surface area contributed by atoms with E-state index >= 15 is 0 Å². The molecular weight excluding hydrogens is 413 g/mol. The average molecular weight is 417 g/mol. The number of sulfone groups is 1. The maximum absolute atomic E-state index is 13.9. The lowest BCUT2D eigenvalue weighted by molar-refractivity contribution is 0.209. The van der Waals surface area contributed by atoms with Crippen molar-refractivity contribution in [2.24, 2.45) is 5.73 Å². The number of amides is 1. The Morgan fingerprint density at radius 3 is 2.55 bits per heavy atom. The van der Waals surface area contributed by atoms with Gasteiger partial charge in [0.1, 0.15) is 16.5 Å². The molecule has 0 radical (unpaired) electrons. The fourth-order valence-corrected chi connectivity index (χ4v) is 4.23. The van der Waals surface area contributed by atoms with Crippen molar-refractivity contribution >= 4 is 43.2 Å². The Balaban J connectivity index is 2.59. The zero-order valence-electron chi connectivity index (χ0n) is 10.1. The van der Waals surface area contributed by atoms with Crippen molar-refractivity contribution in [3.63, 3.8) is 0 Å². The Labute approximate surface area is 133 Å². The number of ether oxygens (including phenoxy) is 1. The molecule has 0 aliphatic heterocycles. The van der Waals surface area contributed by atoms with E-state index in [1.54, 1.807) is 0 Å². The van der Waals surface area contributed by atoms with Crippen LogP contribution in [0.1, 0.15) is 0 Å². The van der Waals surface area contributed by atoms with Crippen LogP contribution in [0.4, 0.5) is 18.0 Å². The Kier molecular flexibility index (Phi) is 4.44. The van der Waals surface area contributed by atoms with E-state index in [9.17, 15) is 26.4 Å². The van der Waals surface area contributed by atoms with Crippen molar-refractivity contribution in [3.8, 4) is 5.88 Å². The molecule has 0 aliphatic rings. The predicted octanol–water partition coefficient (Wildman–Crippen LogP) is 2.61. The summed E-state index contributed by atoms with van der Waals surface area (Å²) in [5.41, 5.74) is 4.72. The summed E-state index contributed by atoms with van der Waals surface area (Å²) >= 11 is 2.93. The molecular formula is C10H4BrF3N2O4S2. The molecule has 6 nitrogen and oxygen atoms in total. The van der Waals surface area contributed by atoms with Crippen LogP contribution in [0.2, 0.25) is 0 Å². The van der Waals surface area contributed by atoms with Crippen LogP contribution >= 0.6 is 27.3 Å². The molecule has 1 heterocycles. The highest BCUT2D eigenvalue weighted by molar-refractivity contribution is 9.10. The summed E-state index contributed by atoms with van der Waals surface area (Å²) in [6, 6.07) is 0.217. The molecule has 118 valence electrons. The second-order valence-electron chi connectivity index (χ2n) is 3.67. The fraction of sp³-hybridized carbons (Fsp3) is 0. The van der Waals surface area contributed by atoms with Crippen LogP contribution in [0.3, 0.4) is 0 Å². The molecule has 12 heteroatoms. The van der Waals surface area contributed by atoms with Gasteiger partial charge in [-0.25, -0.2) is 26.4 Å². The Bertz CT molecular complexity index is 869. The first-order valence-corrected chi connectivity index (χ1v) is 8.31. The number of hydrogen-bond acceptors (Lipinski definition) is 6. The van der Waals surface area contributed by atoms with Gasteiger partial charge in [-0.3, -0.25) is 0 Å². The van der Waals surface area contributed by atoms with Gasteiger partial charge in [-0.05, 0) is 15.9 Å². The number of thiazole rings is 1. The molecule has 0 saturated carbocycles. The topological polar surface area (TPSA) is 99.4 Å². The van der Waals surface area contributed by atoms with E-state index in [0.717, 1.165) is 5.38 Å². The molecule has 1 aromatic carbocycles. The number of primary amides is 1. The first-order chi connectivity index (χ1) is 10.1. The monoisotopic (exact) mass is 416 g/mol. The fourth-order valence-electron chi connectivity index (χ4n) is 1.40. The third-order valence-corrected chi connectivity index (χ3v) is 5.99. The van der Waals surface area contributed by atoms with Crippen molar-refractivity contribution in [1.82, 2.24) is 4.98 Å². The molecule has 22 heavy (non-hydrogen) atoms. The summed E-state index contributed by atoms with van der Waals surface area (Å²) in [6.45, 7) is 0. The molecule has 2 rings (SSSR count). The van der Waals surface area contributed by atoms with Crippen LogP contribution in [-0.2, 0) is 9.84 Å². The summed E-state index contributed by atoms with van der Waals surface area (Å²) in [5.74, 6) is -5.00. The van der Waals surface area contributed by atoms with Gasteiger partial charge in [0.05, 0.1) is 9.85 Å². The quantitative estimate of drug-likeness (QED) is 0.470. The smallest absolute Gasteiger partial charge is 0.390 e. The van der Waals surface area contributed by atoms with Crippen LogP contribution in [-0.4, -0.2) is 19.5 Å². The van der Waals surface area contributed by atoms with Crippen LogP contribution in [0.15, 0.2) is 25.2 Å². The second kappa shape index (κ2) is 5.85. The van der Waals surface area contributed by atoms with Gasteiger partial charge >= 0.3 is 6.09 Å². The minimum Gasteiger partial charge on any atom is -0.390 e. The zero-order valence-corrected chi connectivity index (χ0v) is 13.4. The maximum atomic E-state index is 13.9. The van der Waals surface area contributed by atoms with Gasteiger partial charge in [0.25, 0.3) is 0 Å². The minimum absolute atomic E-state index is 0.217. The van der Waals surface area contributed by atoms with Crippen molar-refractivity contribution in [3.05, 3.63) is 33.4 Å². The van der Waals surface area contributed by atoms with Crippen LogP contribution in [0, 0.1) is 17.5 Å². The van der Waals surface area contributed by atoms with E-state index in [0.29, 0.717) is 11.3 Å². The highest BCUT2D eigenvalue weighted by atomic mass is 79.9. The Morgan fingerprint density at radius 2 is 1.95 bits per heavy atom.